The molecule has 2 heterocycles. The van der Waals surface area contributed by atoms with Crippen molar-refractivity contribution < 1.29 is 4.79 Å². The van der Waals surface area contributed by atoms with Gasteiger partial charge in [-0.1, -0.05) is 48.0 Å². The highest BCUT2D eigenvalue weighted by molar-refractivity contribution is 6.31. The molecule has 0 radical (unpaired) electrons. The minimum absolute atomic E-state index is 0.164. The number of amides is 1. The van der Waals surface area contributed by atoms with Crippen LogP contribution in [0.15, 0.2) is 67.1 Å². The summed E-state index contributed by atoms with van der Waals surface area (Å²) < 4.78 is 3.52. The Morgan fingerprint density at radius 3 is 2.78 bits per heavy atom. The van der Waals surface area contributed by atoms with Gasteiger partial charge >= 0.3 is 0 Å². The Morgan fingerprint density at radius 2 is 2.00 bits per heavy atom. The van der Waals surface area contributed by atoms with E-state index in [1.807, 2.05) is 60.8 Å². The second-order valence-electron chi connectivity index (χ2n) is 6.11. The second-order valence-corrected chi connectivity index (χ2v) is 6.54. The first-order chi connectivity index (χ1) is 13.2. The van der Waals surface area contributed by atoms with Gasteiger partial charge in [-0.05, 0) is 39.6 Å². The molecule has 27 heavy (non-hydrogen) atoms. The van der Waals surface area contributed by atoms with Crippen LogP contribution in [0, 0.1) is 0 Å². The highest BCUT2D eigenvalue weighted by atomic mass is 35.5. The van der Waals surface area contributed by atoms with E-state index in [0.29, 0.717) is 18.1 Å². The number of benzene rings is 2. The number of tetrazole rings is 1. The van der Waals surface area contributed by atoms with Crippen LogP contribution in [0.5, 0.6) is 0 Å². The number of halogens is 1. The van der Waals surface area contributed by atoms with E-state index in [2.05, 4.69) is 25.4 Å². The highest BCUT2D eigenvalue weighted by Crippen LogP contribution is 2.20. The van der Waals surface area contributed by atoms with Crippen LogP contribution < -0.4 is 5.32 Å². The van der Waals surface area contributed by atoms with Gasteiger partial charge in [-0.2, -0.15) is 0 Å². The molecular weight excluding hydrogens is 364 g/mol. The van der Waals surface area contributed by atoms with Gasteiger partial charge in [0.25, 0.3) is 0 Å². The first kappa shape index (κ1) is 17.2. The third-order valence-electron chi connectivity index (χ3n) is 4.38. The fourth-order valence-electron chi connectivity index (χ4n) is 3.09. The zero-order valence-electron chi connectivity index (χ0n) is 14.4. The third kappa shape index (κ3) is 3.68. The minimum atomic E-state index is -0.614. The third-order valence-corrected chi connectivity index (χ3v) is 4.62. The molecule has 1 atom stereocenters. The number of hydrogen-bond donors (Lipinski definition) is 1. The van der Waals surface area contributed by atoms with E-state index in [1.54, 1.807) is 0 Å². The Morgan fingerprint density at radius 1 is 1.15 bits per heavy atom. The summed E-state index contributed by atoms with van der Waals surface area (Å²) >= 11 is 6.09. The van der Waals surface area contributed by atoms with Gasteiger partial charge < -0.3 is 9.88 Å². The molecule has 0 saturated heterocycles. The molecule has 7 nitrogen and oxygen atoms in total. The number of carbonyl (C=O) groups is 1. The number of fused-ring (bicyclic) bond motifs is 1. The number of aromatic nitrogens is 5. The molecule has 0 aliphatic rings. The van der Waals surface area contributed by atoms with E-state index in [1.165, 1.54) is 11.0 Å². The van der Waals surface area contributed by atoms with E-state index in [4.69, 9.17) is 11.6 Å². The molecule has 136 valence electrons. The summed E-state index contributed by atoms with van der Waals surface area (Å²) in [4.78, 5) is 12.8. The molecule has 1 N–H and O–H groups in total. The van der Waals surface area contributed by atoms with E-state index in [-0.39, 0.29) is 5.91 Å². The Balaban J connectivity index is 1.48. The van der Waals surface area contributed by atoms with Crippen LogP contribution in [0.1, 0.15) is 11.6 Å². The van der Waals surface area contributed by atoms with Crippen molar-refractivity contribution in [2.75, 3.05) is 6.54 Å². The van der Waals surface area contributed by atoms with Crippen molar-refractivity contribution in [1.82, 2.24) is 30.1 Å². The molecule has 0 aliphatic carbocycles. The maximum atomic E-state index is 12.8. The zero-order chi connectivity index (χ0) is 18.6. The second kappa shape index (κ2) is 7.59. The smallest absolute Gasteiger partial charge is 0.249 e. The highest BCUT2D eigenvalue weighted by Gasteiger charge is 2.23. The van der Waals surface area contributed by atoms with Crippen LogP contribution in [0.25, 0.3) is 10.9 Å². The summed E-state index contributed by atoms with van der Waals surface area (Å²) in [5.74, 6) is -0.164. The average Bonchev–Trinajstić information content (AvgIpc) is 3.33. The lowest BCUT2D eigenvalue weighted by molar-refractivity contribution is -0.123. The van der Waals surface area contributed by atoms with Crippen LogP contribution in [0.3, 0.4) is 0 Å². The summed E-state index contributed by atoms with van der Waals surface area (Å²) in [6.45, 7) is 1.10. The predicted molar refractivity (Wildman–Crippen MR) is 102 cm³/mol. The van der Waals surface area contributed by atoms with Crippen molar-refractivity contribution in [2.24, 2.45) is 0 Å². The van der Waals surface area contributed by atoms with Crippen molar-refractivity contribution in [1.29, 1.82) is 0 Å². The Bertz CT molecular complexity index is 1040. The lowest BCUT2D eigenvalue weighted by Gasteiger charge is -2.17. The molecule has 1 amide bonds. The van der Waals surface area contributed by atoms with Gasteiger partial charge in [0, 0.05) is 29.8 Å². The van der Waals surface area contributed by atoms with Gasteiger partial charge in [-0.3, -0.25) is 4.79 Å². The summed E-state index contributed by atoms with van der Waals surface area (Å²) in [5.41, 5.74) is 1.86. The Labute approximate surface area is 160 Å². The van der Waals surface area contributed by atoms with Crippen LogP contribution in [-0.2, 0) is 11.3 Å². The first-order valence-corrected chi connectivity index (χ1v) is 8.90. The quantitative estimate of drug-likeness (QED) is 0.558. The molecule has 2 aromatic carbocycles. The number of carbonyl (C=O) groups excluding carboxylic acids is 1. The lowest BCUT2D eigenvalue weighted by atomic mass is 10.1. The normalized spacial score (nSPS) is 12.2. The molecule has 4 rings (SSSR count). The van der Waals surface area contributed by atoms with E-state index < -0.39 is 6.04 Å². The molecule has 0 spiro atoms. The minimum Gasteiger partial charge on any atom is -0.352 e. The first-order valence-electron chi connectivity index (χ1n) is 8.52. The lowest BCUT2D eigenvalue weighted by Crippen LogP contribution is -2.35. The molecule has 0 saturated carbocycles. The van der Waals surface area contributed by atoms with Gasteiger partial charge in [0.15, 0.2) is 6.04 Å². The molecule has 4 aromatic rings. The number of rotatable bonds is 6. The fraction of sp³-hybridized carbons (Fsp3) is 0.158. The van der Waals surface area contributed by atoms with Crippen LogP contribution in [-0.4, -0.2) is 37.2 Å². The van der Waals surface area contributed by atoms with Crippen LogP contribution in [0.4, 0.5) is 0 Å². The Kier molecular flexibility index (Phi) is 4.84. The summed E-state index contributed by atoms with van der Waals surface area (Å²) in [6.07, 6.45) is 3.43. The van der Waals surface area contributed by atoms with E-state index in [9.17, 15) is 4.79 Å². The van der Waals surface area contributed by atoms with Crippen molar-refractivity contribution in [3.05, 3.63) is 77.7 Å². The largest absolute Gasteiger partial charge is 0.352 e. The van der Waals surface area contributed by atoms with Crippen molar-refractivity contribution in [2.45, 2.75) is 12.6 Å². The summed E-state index contributed by atoms with van der Waals surface area (Å²) in [6, 6.07) is 16.6. The average molecular weight is 381 g/mol. The topological polar surface area (TPSA) is 77.6 Å². The monoisotopic (exact) mass is 380 g/mol. The molecule has 8 heteroatoms. The van der Waals surface area contributed by atoms with Gasteiger partial charge in [0.1, 0.15) is 6.33 Å². The number of hydrogen-bond acceptors (Lipinski definition) is 4. The van der Waals surface area contributed by atoms with Crippen LogP contribution in [0.2, 0.25) is 5.02 Å². The van der Waals surface area contributed by atoms with Crippen molar-refractivity contribution in [3.63, 3.8) is 0 Å². The number of nitrogens with one attached hydrogen (secondary N) is 1. The van der Waals surface area contributed by atoms with Gasteiger partial charge in [-0.25, -0.2) is 4.68 Å². The molecule has 0 bridgehead atoms. The fourth-order valence-corrected chi connectivity index (χ4v) is 3.26. The maximum Gasteiger partial charge on any atom is 0.249 e. The van der Waals surface area contributed by atoms with Crippen molar-refractivity contribution in [3.8, 4) is 0 Å². The summed E-state index contributed by atoms with van der Waals surface area (Å²) in [7, 11) is 0. The van der Waals surface area contributed by atoms with Gasteiger partial charge in [-0.15, -0.1) is 5.10 Å². The summed E-state index contributed by atoms with van der Waals surface area (Å²) in [5, 5.41) is 16.0. The van der Waals surface area contributed by atoms with E-state index in [0.717, 1.165) is 16.5 Å². The molecule has 0 fully saturated rings. The predicted octanol–water partition coefficient (Wildman–Crippen LogP) is 2.69. The maximum absolute atomic E-state index is 12.8. The van der Waals surface area contributed by atoms with Crippen molar-refractivity contribution >= 4 is 28.4 Å². The van der Waals surface area contributed by atoms with Gasteiger partial charge in [0.05, 0.1) is 0 Å². The molecule has 0 aliphatic heterocycles. The van der Waals surface area contributed by atoms with Crippen LogP contribution >= 0.6 is 11.6 Å². The zero-order valence-corrected chi connectivity index (χ0v) is 15.1. The standard InChI is InChI=1S/C19H17ClN6O/c20-16-7-6-14-8-10-25(17(14)12-16)11-9-21-19(27)18(26-13-22-23-24-26)15-4-2-1-3-5-15/h1-8,10,12-13,18H,9,11H2,(H,21,27)/t18-/m1/s1. The molecule has 0 unspecified atom stereocenters. The molecular formula is C19H17ClN6O. The Hall–Kier alpha value is -3.19. The molecule has 2 aromatic heterocycles. The number of nitrogens with zero attached hydrogens (tertiary/aromatic N) is 5. The van der Waals surface area contributed by atoms with E-state index >= 15 is 0 Å². The van der Waals surface area contributed by atoms with Gasteiger partial charge in [0.2, 0.25) is 5.91 Å². The SMILES string of the molecule is O=C(NCCn1ccc2ccc(Cl)cc21)[C@@H](c1ccccc1)n1cnnn1.